The average Bonchev–Trinajstić information content (AvgIpc) is 2.84. The van der Waals surface area contributed by atoms with Crippen molar-refractivity contribution in [3.05, 3.63) is 46.5 Å². The van der Waals surface area contributed by atoms with E-state index < -0.39 is 0 Å². The number of carbonyl (C=O) groups is 1. The lowest BCUT2D eigenvalue weighted by Crippen LogP contribution is -2.29. The number of halogens is 2. The largest absolute Gasteiger partial charge is 0.335 e. The Bertz CT molecular complexity index is 633. The lowest BCUT2D eigenvalue weighted by Gasteiger charge is -2.23. The highest BCUT2D eigenvalue weighted by Crippen LogP contribution is 2.25. The van der Waals surface area contributed by atoms with E-state index in [4.69, 9.17) is 23.2 Å². The normalized spacial score (nSPS) is 17.6. The van der Waals surface area contributed by atoms with Crippen LogP contribution in [0.5, 0.6) is 0 Å². The van der Waals surface area contributed by atoms with Crippen LogP contribution < -0.4 is 5.32 Å². The Kier molecular flexibility index (Phi) is 3.68. The van der Waals surface area contributed by atoms with Crippen LogP contribution in [0.25, 0.3) is 0 Å². The summed E-state index contributed by atoms with van der Waals surface area (Å²) in [5, 5.41) is 3.90. The molecule has 104 valence electrons. The van der Waals surface area contributed by atoms with Crippen LogP contribution in [0, 0.1) is 5.92 Å². The molecule has 20 heavy (non-hydrogen) atoms. The molecular weight excluding hydrogens is 297 g/mol. The van der Waals surface area contributed by atoms with Gasteiger partial charge in [-0.1, -0.05) is 23.2 Å². The number of benzene rings is 1. The van der Waals surface area contributed by atoms with Crippen molar-refractivity contribution in [2.45, 2.75) is 19.4 Å². The van der Waals surface area contributed by atoms with Crippen molar-refractivity contribution in [1.82, 2.24) is 9.55 Å². The molecule has 4 nitrogen and oxygen atoms in total. The maximum atomic E-state index is 12.3. The van der Waals surface area contributed by atoms with Gasteiger partial charge < -0.3 is 9.88 Å². The molecule has 1 N–H and O–H groups in total. The van der Waals surface area contributed by atoms with Crippen LogP contribution in [0.3, 0.4) is 0 Å². The Balaban J connectivity index is 1.71. The number of imidazole rings is 1. The molecule has 0 radical (unpaired) electrons. The van der Waals surface area contributed by atoms with E-state index in [1.54, 1.807) is 24.5 Å². The summed E-state index contributed by atoms with van der Waals surface area (Å²) in [6.07, 6.45) is 5.14. The minimum atomic E-state index is -0.0445. The summed E-state index contributed by atoms with van der Waals surface area (Å²) in [6, 6.07) is 5.02. The van der Waals surface area contributed by atoms with E-state index in [1.165, 1.54) is 0 Å². The number of hydrogen-bond donors (Lipinski definition) is 1. The summed E-state index contributed by atoms with van der Waals surface area (Å²) in [4.78, 5) is 16.4. The highest BCUT2D eigenvalue weighted by Gasteiger charge is 2.24. The smallest absolute Gasteiger partial charge is 0.227 e. The molecule has 0 saturated carbocycles. The molecule has 0 fully saturated rings. The van der Waals surface area contributed by atoms with E-state index in [0.717, 1.165) is 18.7 Å². The summed E-state index contributed by atoms with van der Waals surface area (Å²) >= 11 is 11.8. The number of rotatable bonds is 2. The standard InChI is InChI=1S/C14H13Cl2N3O/c15-10-4-11(16)6-12(5-10)18-14(20)9-1-2-19-8-17-7-13(19)3-9/h4-9H,1-3H2,(H,18,20). The van der Waals surface area contributed by atoms with Crippen LogP contribution in [-0.4, -0.2) is 15.5 Å². The van der Waals surface area contributed by atoms with Crippen LogP contribution in [0.1, 0.15) is 12.1 Å². The monoisotopic (exact) mass is 309 g/mol. The van der Waals surface area contributed by atoms with E-state index in [0.29, 0.717) is 22.2 Å². The Labute approximate surface area is 126 Å². The topological polar surface area (TPSA) is 46.9 Å². The molecule has 6 heteroatoms. The first-order chi connectivity index (χ1) is 9.61. The molecule has 1 aromatic carbocycles. The predicted molar refractivity (Wildman–Crippen MR) is 79.1 cm³/mol. The molecule has 1 aliphatic heterocycles. The predicted octanol–water partition coefficient (Wildman–Crippen LogP) is 3.39. The fourth-order valence-corrected chi connectivity index (χ4v) is 2.99. The Morgan fingerprint density at radius 3 is 2.80 bits per heavy atom. The molecule has 3 rings (SSSR count). The van der Waals surface area contributed by atoms with E-state index >= 15 is 0 Å². The van der Waals surface area contributed by atoms with Crippen molar-refractivity contribution in [3.8, 4) is 0 Å². The van der Waals surface area contributed by atoms with Crippen LogP contribution in [0.4, 0.5) is 5.69 Å². The second-order valence-electron chi connectivity index (χ2n) is 4.92. The summed E-state index contributed by atoms with van der Waals surface area (Å²) in [7, 11) is 0. The van der Waals surface area contributed by atoms with Gasteiger partial charge in [-0.2, -0.15) is 0 Å². The maximum absolute atomic E-state index is 12.3. The molecule has 1 atom stereocenters. The van der Waals surface area contributed by atoms with Crippen molar-refractivity contribution in [1.29, 1.82) is 0 Å². The fourth-order valence-electron chi connectivity index (χ4n) is 2.46. The van der Waals surface area contributed by atoms with Gasteiger partial charge >= 0.3 is 0 Å². The third-order valence-electron chi connectivity index (χ3n) is 3.47. The number of amides is 1. The van der Waals surface area contributed by atoms with Crippen LogP contribution in [0.15, 0.2) is 30.7 Å². The molecule has 2 aromatic rings. The molecule has 2 heterocycles. The molecule has 1 amide bonds. The first kappa shape index (κ1) is 13.5. The lowest BCUT2D eigenvalue weighted by atomic mass is 9.95. The summed E-state index contributed by atoms with van der Waals surface area (Å²) in [5.74, 6) is -0.0484. The minimum absolute atomic E-state index is 0.00390. The maximum Gasteiger partial charge on any atom is 0.227 e. The highest BCUT2D eigenvalue weighted by molar-refractivity contribution is 6.35. The summed E-state index contributed by atoms with van der Waals surface area (Å²) in [5.41, 5.74) is 1.73. The molecule has 0 aliphatic carbocycles. The number of anilines is 1. The molecule has 0 bridgehead atoms. The third kappa shape index (κ3) is 2.81. The van der Waals surface area contributed by atoms with Gasteiger partial charge in [0.05, 0.1) is 6.33 Å². The minimum Gasteiger partial charge on any atom is -0.335 e. The molecule has 1 unspecified atom stereocenters. The number of hydrogen-bond acceptors (Lipinski definition) is 2. The molecule has 1 aliphatic rings. The first-order valence-corrected chi connectivity index (χ1v) is 7.13. The van der Waals surface area contributed by atoms with Gasteiger partial charge in [-0.3, -0.25) is 4.79 Å². The van der Waals surface area contributed by atoms with Gasteiger partial charge in [-0.15, -0.1) is 0 Å². The summed E-state index contributed by atoms with van der Waals surface area (Å²) in [6.45, 7) is 0.823. The number of nitrogens with one attached hydrogen (secondary N) is 1. The number of carbonyl (C=O) groups excluding carboxylic acids is 1. The zero-order chi connectivity index (χ0) is 14.1. The Hall–Kier alpha value is -1.52. The number of nitrogens with zero attached hydrogens (tertiary/aromatic N) is 2. The van der Waals surface area contributed by atoms with Gasteiger partial charge in [0.15, 0.2) is 0 Å². The molecule has 1 aromatic heterocycles. The number of aromatic nitrogens is 2. The third-order valence-corrected chi connectivity index (χ3v) is 3.91. The molecular formula is C14H13Cl2N3O. The summed E-state index contributed by atoms with van der Waals surface area (Å²) < 4.78 is 2.08. The fraction of sp³-hybridized carbons (Fsp3) is 0.286. The van der Waals surface area contributed by atoms with Crippen molar-refractivity contribution in [2.75, 3.05) is 5.32 Å². The van der Waals surface area contributed by atoms with Crippen molar-refractivity contribution >= 4 is 34.8 Å². The van der Waals surface area contributed by atoms with Crippen molar-refractivity contribution in [3.63, 3.8) is 0 Å². The highest BCUT2D eigenvalue weighted by atomic mass is 35.5. The molecule has 0 saturated heterocycles. The van der Waals surface area contributed by atoms with Gasteiger partial charge in [0.2, 0.25) is 5.91 Å². The van der Waals surface area contributed by atoms with Gasteiger partial charge in [0, 0.05) is 46.5 Å². The second-order valence-corrected chi connectivity index (χ2v) is 5.79. The van der Waals surface area contributed by atoms with E-state index in [1.807, 2.05) is 6.20 Å². The Morgan fingerprint density at radius 2 is 2.05 bits per heavy atom. The van der Waals surface area contributed by atoms with E-state index in [2.05, 4.69) is 14.9 Å². The van der Waals surface area contributed by atoms with Gasteiger partial charge in [0.1, 0.15) is 0 Å². The van der Waals surface area contributed by atoms with Crippen LogP contribution in [-0.2, 0) is 17.8 Å². The zero-order valence-electron chi connectivity index (χ0n) is 10.6. The lowest BCUT2D eigenvalue weighted by molar-refractivity contribution is -0.120. The quantitative estimate of drug-likeness (QED) is 0.924. The van der Waals surface area contributed by atoms with E-state index in [9.17, 15) is 4.79 Å². The SMILES string of the molecule is O=C(Nc1cc(Cl)cc(Cl)c1)C1CCn2cncc2C1. The van der Waals surface area contributed by atoms with Gasteiger partial charge in [-0.25, -0.2) is 4.98 Å². The number of fused-ring (bicyclic) bond motifs is 1. The van der Waals surface area contributed by atoms with E-state index in [-0.39, 0.29) is 11.8 Å². The van der Waals surface area contributed by atoms with Gasteiger partial charge in [0.25, 0.3) is 0 Å². The number of aryl methyl sites for hydroxylation is 1. The van der Waals surface area contributed by atoms with Crippen molar-refractivity contribution < 1.29 is 4.79 Å². The second kappa shape index (κ2) is 5.46. The van der Waals surface area contributed by atoms with Gasteiger partial charge in [-0.05, 0) is 24.6 Å². The Morgan fingerprint density at radius 1 is 1.30 bits per heavy atom. The molecule has 0 spiro atoms. The van der Waals surface area contributed by atoms with Crippen molar-refractivity contribution in [2.24, 2.45) is 5.92 Å². The average molecular weight is 310 g/mol. The van der Waals surface area contributed by atoms with Crippen LogP contribution in [0.2, 0.25) is 10.0 Å². The zero-order valence-corrected chi connectivity index (χ0v) is 12.2. The van der Waals surface area contributed by atoms with Crippen LogP contribution >= 0.6 is 23.2 Å². The first-order valence-electron chi connectivity index (χ1n) is 6.38.